The van der Waals surface area contributed by atoms with Gasteiger partial charge >= 0.3 is 6.03 Å². The molecule has 134 valence electrons. The first-order chi connectivity index (χ1) is 11.9. The molecule has 5 heteroatoms. The van der Waals surface area contributed by atoms with Gasteiger partial charge in [-0.25, -0.2) is 4.79 Å². The molecule has 1 unspecified atom stereocenters. The van der Waals surface area contributed by atoms with Gasteiger partial charge in [0.05, 0.1) is 18.2 Å². The fraction of sp³-hybridized carbons (Fsp3) is 0.400. The smallest absolute Gasteiger partial charge is 0.318 e. The average Bonchev–Trinajstić information content (AvgIpc) is 2.59. The number of carbonyl (C=O) groups is 1. The highest BCUT2D eigenvalue weighted by Crippen LogP contribution is 2.17. The van der Waals surface area contributed by atoms with Crippen LogP contribution in [-0.4, -0.2) is 33.2 Å². The quantitative estimate of drug-likeness (QED) is 0.810. The van der Waals surface area contributed by atoms with E-state index in [1.165, 1.54) is 0 Å². The maximum absolute atomic E-state index is 12.9. The van der Waals surface area contributed by atoms with Crippen LogP contribution < -0.4 is 5.32 Å². The van der Waals surface area contributed by atoms with Crippen LogP contribution in [0.4, 0.5) is 4.79 Å². The molecule has 1 aromatic carbocycles. The normalized spacial score (nSPS) is 12.5. The van der Waals surface area contributed by atoms with Crippen molar-refractivity contribution in [3.8, 4) is 0 Å². The summed E-state index contributed by atoms with van der Waals surface area (Å²) < 4.78 is 0. The standard InChI is InChI=1S/C20H27N3O2/c1-4-18(17-10-12-21-13-11-17)22-19(24)23(15-20(2,3)25)14-16-8-6-5-7-9-16/h5-13,18,25H,4,14-15H2,1-3H3,(H,22,24). The zero-order valence-electron chi connectivity index (χ0n) is 15.1. The molecule has 2 N–H and O–H groups in total. The van der Waals surface area contributed by atoms with Crippen molar-refractivity contribution >= 4 is 6.03 Å². The second kappa shape index (κ2) is 8.62. The number of urea groups is 1. The Hall–Kier alpha value is -2.40. The lowest BCUT2D eigenvalue weighted by molar-refractivity contribution is 0.0441. The van der Waals surface area contributed by atoms with Gasteiger partial charge in [-0.1, -0.05) is 37.3 Å². The average molecular weight is 341 g/mol. The van der Waals surface area contributed by atoms with E-state index in [1.54, 1.807) is 31.1 Å². The number of pyridine rings is 1. The molecule has 5 nitrogen and oxygen atoms in total. The number of carbonyl (C=O) groups excluding carboxylic acids is 1. The van der Waals surface area contributed by atoms with Crippen molar-refractivity contribution in [1.29, 1.82) is 0 Å². The summed E-state index contributed by atoms with van der Waals surface area (Å²) in [5.74, 6) is 0. The fourth-order valence-corrected chi connectivity index (χ4v) is 2.73. The first-order valence-corrected chi connectivity index (χ1v) is 8.60. The predicted molar refractivity (Wildman–Crippen MR) is 99.0 cm³/mol. The number of benzene rings is 1. The highest BCUT2D eigenvalue weighted by molar-refractivity contribution is 5.75. The van der Waals surface area contributed by atoms with Crippen molar-refractivity contribution in [2.75, 3.05) is 6.54 Å². The predicted octanol–water partition coefficient (Wildman–Crippen LogP) is 3.52. The molecule has 1 heterocycles. The van der Waals surface area contributed by atoms with E-state index in [4.69, 9.17) is 0 Å². The summed E-state index contributed by atoms with van der Waals surface area (Å²) in [6.07, 6.45) is 4.23. The van der Waals surface area contributed by atoms with Crippen molar-refractivity contribution < 1.29 is 9.90 Å². The summed E-state index contributed by atoms with van der Waals surface area (Å²) in [5.41, 5.74) is 1.08. The zero-order chi connectivity index (χ0) is 18.3. The van der Waals surface area contributed by atoms with Crippen molar-refractivity contribution in [2.45, 2.75) is 45.4 Å². The molecule has 1 atom stereocenters. The van der Waals surface area contributed by atoms with Gasteiger partial charge in [-0.3, -0.25) is 4.98 Å². The number of aromatic nitrogens is 1. The molecule has 0 radical (unpaired) electrons. The first kappa shape index (κ1) is 18.9. The molecule has 2 aromatic rings. The molecular weight excluding hydrogens is 314 g/mol. The van der Waals surface area contributed by atoms with Crippen LogP contribution in [0.15, 0.2) is 54.9 Å². The molecule has 0 spiro atoms. The minimum atomic E-state index is -0.968. The number of aliphatic hydroxyl groups is 1. The third-order valence-electron chi connectivity index (χ3n) is 3.90. The van der Waals surface area contributed by atoms with Crippen LogP contribution >= 0.6 is 0 Å². The Kier molecular flexibility index (Phi) is 6.53. The summed E-state index contributed by atoms with van der Waals surface area (Å²) in [4.78, 5) is 18.5. The van der Waals surface area contributed by atoms with E-state index in [2.05, 4.69) is 10.3 Å². The highest BCUT2D eigenvalue weighted by Gasteiger charge is 2.24. The van der Waals surface area contributed by atoms with Gasteiger partial charge in [0.2, 0.25) is 0 Å². The second-order valence-electron chi connectivity index (χ2n) is 6.84. The summed E-state index contributed by atoms with van der Waals surface area (Å²) in [6.45, 7) is 6.14. The third kappa shape index (κ3) is 6.19. The van der Waals surface area contributed by atoms with E-state index >= 15 is 0 Å². The number of amides is 2. The largest absolute Gasteiger partial charge is 0.389 e. The van der Waals surface area contributed by atoms with Crippen molar-refractivity contribution in [3.63, 3.8) is 0 Å². The number of nitrogens with one attached hydrogen (secondary N) is 1. The van der Waals surface area contributed by atoms with Crippen LogP contribution in [0.2, 0.25) is 0 Å². The lowest BCUT2D eigenvalue weighted by Crippen LogP contribution is -2.47. The number of rotatable bonds is 7. The highest BCUT2D eigenvalue weighted by atomic mass is 16.3. The molecule has 0 fully saturated rings. The molecule has 0 saturated heterocycles. The summed E-state index contributed by atoms with van der Waals surface area (Å²) >= 11 is 0. The second-order valence-corrected chi connectivity index (χ2v) is 6.84. The Morgan fingerprint density at radius 2 is 1.84 bits per heavy atom. The van der Waals surface area contributed by atoms with Gasteiger partial charge in [0.25, 0.3) is 0 Å². The van der Waals surface area contributed by atoms with Crippen molar-refractivity contribution in [3.05, 3.63) is 66.0 Å². The summed E-state index contributed by atoms with van der Waals surface area (Å²) in [7, 11) is 0. The topological polar surface area (TPSA) is 65.5 Å². The molecule has 2 amide bonds. The molecule has 0 aliphatic heterocycles. The Labute approximate surface area is 149 Å². The van der Waals surface area contributed by atoms with E-state index in [1.807, 2.05) is 49.4 Å². The van der Waals surface area contributed by atoms with Gasteiger partial charge < -0.3 is 15.3 Å². The van der Waals surface area contributed by atoms with Crippen LogP contribution in [0.25, 0.3) is 0 Å². The van der Waals surface area contributed by atoms with Gasteiger partial charge in [-0.15, -0.1) is 0 Å². The van der Waals surface area contributed by atoms with Gasteiger partial charge in [0.15, 0.2) is 0 Å². The Balaban J connectivity index is 2.13. The van der Waals surface area contributed by atoms with E-state index in [0.717, 1.165) is 17.5 Å². The molecule has 0 aliphatic carbocycles. The van der Waals surface area contributed by atoms with Crippen LogP contribution in [0, 0.1) is 0 Å². The van der Waals surface area contributed by atoms with Crippen LogP contribution in [0.5, 0.6) is 0 Å². The van der Waals surface area contributed by atoms with E-state index < -0.39 is 5.60 Å². The Bertz CT molecular complexity index is 654. The Morgan fingerprint density at radius 1 is 1.20 bits per heavy atom. The molecule has 0 saturated carbocycles. The maximum Gasteiger partial charge on any atom is 0.318 e. The molecular formula is C20H27N3O2. The fourth-order valence-electron chi connectivity index (χ4n) is 2.73. The number of hydrogen-bond donors (Lipinski definition) is 2. The van der Waals surface area contributed by atoms with Gasteiger partial charge in [0.1, 0.15) is 0 Å². The third-order valence-corrected chi connectivity index (χ3v) is 3.90. The van der Waals surface area contributed by atoms with E-state index in [0.29, 0.717) is 6.54 Å². The Morgan fingerprint density at radius 3 is 2.40 bits per heavy atom. The minimum absolute atomic E-state index is 0.0874. The number of nitrogens with zero attached hydrogens (tertiary/aromatic N) is 2. The van der Waals surface area contributed by atoms with Crippen LogP contribution in [-0.2, 0) is 6.54 Å². The van der Waals surface area contributed by atoms with E-state index in [9.17, 15) is 9.90 Å². The van der Waals surface area contributed by atoms with Gasteiger partial charge in [-0.05, 0) is 43.5 Å². The van der Waals surface area contributed by atoms with Crippen LogP contribution in [0.3, 0.4) is 0 Å². The summed E-state index contributed by atoms with van der Waals surface area (Å²) in [5, 5.41) is 13.3. The minimum Gasteiger partial charge on any atom is -0.389 e. The lowest BCUT2D eigenvalue weighted by Gasteiger charge is -2.31. The molecule has 0 aliphatic rings. The van der Waals surface area contributed by atoms with Crippen LogP contribution in [0.1, 0.15) is 44.4 Å². The summed E-state index contributed by atoms with van der Waals surface area (Å²) in [6, 6.07) is 13.3. The molecule has 1 aromatic heterocycles. The SMILES string of the molecule is CCC(NC(=O)N(Cc1ccccc1)CC(C)(C)O)c1ccncc1. The lowest BCUT2D eigenvalue weighted by atomic mass is 10.1. The molecule has 2 rings (SSSR count). The zero-order valence-corrected chi connectivity index (χ0v) is 15.1. The molecule has 25 heavy (non-hydrogen) atoms. The van der Waals surface area contributed by atoms with Gasteiger partial charge in [-0.2, -0.15) is 0 Å². The maximum atomic E-state index is 12.9. The monoisotopic (exact) mass is 341 g/mol. The van der Waals surface area contributed by atoms with Crippen molar-refractivity contribution in [2.24, 2.45) is 0 Å². The van der Waals surface area contributed by atoms with Gasteiger partial charge in [0, 0.05) is 18.9 Å². The number of hydrogen-bond acceptors (Lipinski definition) is 3. The van der Waals surface area contributed by atoms with Crippen molar-refractivity contribution in [1.82, 2.24) is 15.2 Å². The first-order valence-electron chi connectivity index (χ1n) is 8.60. The molecule has 0 bridgehead atoms. The van der Waals surface area contributed by atoms with E-state index in [-0.39, 0.29) is 18.6 Å².